The monoisotopic (exact) mass is 179 g/mol. The zero-order chi connectivity index (χ0) is 9.52. The van der Waals surface area contributed by atoms with E-state index < -0.39 is 0 Å². The highest BCUT2D eigenvalue weighted by molar-refractivity contribution is 5.33. The third-order valence-electron chi connectivity index (χ3n) is 1.60. The first-order valence-electron chi connectivity index (χ1n) is 4.16. The second-order valence-electron chi connectivity index (χ2n) is 2.46. The molecule has 13 heavy (non-hydrogen) atoms. The van der Waals surface area contributed by atoms with Gasteiger partial charge in [0.25, 0.3) is 0 Å². The topological polar surface area (TPSA) is 60.0 Å². The van der Waals surface area contributed by atoms with E-state index in [0.29, 0.717) is 13.2 Å². The van der Waals surface area contributed by atoms with E-state index in [-0.39, 0.29) is 0 Å². The largest absolute Gasteiger partial charge is 0.494 e. The predicted molar refractivity (Wildman–Crippen MR) is 50.4 cm³/mol. The van der Waals surface area contributed by atoms with Crippen LogP contribution < -0.4 is 10.6 Å². The van der Waals surface area contributed by atoms with Crippen molar-refractivity contribution in [1.29, 1.82) is 0 Å². The van der Waals surface area contributed by atoms with Crippen LogP contribution in [0.15, 0.2) is 34.6 Å². The fourth-order valence-electron chi connectivity index (χ4n) is 1.05. The van der Waals surface area contributed by atoms with Gasteiger partial charge in [0.1, 0.15) is 5.75 Å². The van der Waals surface area contributed by atoms with Gasteiger partial charge < -0.3 is 10.6 Å². The molecule has 0 bridgehead atoms. The van der Waals surface area contributed by atoms with Crippen LogP contribution >= 0.6 is 0 Å². The van der Waals surface area contributed by atoms with Crippen LogP contribution in [0.4, 0.5) is 0 Å². The van der Waals surface area contributed by atoms with Crippen LogP contribution in [0.5, 0.6) is 5.75 Å². The molecule has 0 heterocycles. The molecule has 4 heteroatoms. The van der Waals surface area contributed by atoms with Gasteiger partial charge in [-0.2, -0.15) is 5.11 Å². The summed E-state index contributed by atoms with van der Waals surface area (Å²) in [5, 5.41) is 6.91. The number of para-hydroxylation sites is 1. The first kappa shape index (κ1) is 9.51. The van der Waals surface area contributed by atoms with Gasteiger partial charge in [0.15, 0.2) is 0 Å². The maximum atomic E-state index is 5.39. The average molecular weight is 179 g/mol. The van der Waals surface area contributed by atoms with Crippen molar-refractivity contribution in [1.82, 2.24) is 0 Å². The molecule has 4 nitrogen and oxygen atoms in total. The van der Waals surface area contributed by atoms with Crippen LogP contribution in [0.2, 0.25) is 0 Å². The lowest BCUT2D eigenvalue weighted by atomic mass is 10.2. The summed E-state index contributed by atoms with van der Waals surface area (Å²) in [6.45, 7) is 3.06. The molecular weight excluding hydrogens is 166 g/mol. The zero-order valence-corrected chi connectivity index (χ0v) is 7.60. The van der Waals surface area contributed by atoms with Crippen LogP contribution in [0, 0.1) is 0 Å². The highest BCUT2D eigenvalue weighted by Crippen LogP contribution is 2.18. The molecule has 2 N–H and O–H groups in total. The van der Waals surface area contributed by atoms with E-state index in [0.717, 1.165) is 11.3 Å². The molecule has 0 aliphatic carbocycles. The molecule has 0 spiro atoms. The number of ether oxygens (including phenoxy) is 1. The molecule has 1 rings (SSSR count). The Hall–Kier alpha value is -1.58. The van der Waals surface area contributed by atoms with E-state index >= 15 is 0 Å². The summed E-state index contributed by atoms with van der Waals surface area (Å²) in [6.07, 6.45) is 0. The Bertz CT molecular complexity index is 286. The number of hydrogen-bond donors (Lipinski definition) is 1. The smallest absolute Gasteiger partial charge is 0.124 e. The molecule has 1 aromatic carbocycles. The van der Waals surface area contributed by atoms with E-state index in [1.54, 1.807) is 0 Å². The van der Waals surface area contributed by atoms with Crippen LogP contribution in [0.1, 0.15) is 12.5 Å². The molecule has 0 saturated carbocycles. The molecule has 70 valence electrons. The number of nitrogens with zero attached hydrogens (tertiary/aromatic N) is 2. The highest BCUT2D eigenvalue weighted by Gasteiger charge is 1.99. The first-order chi connectivity index (χ1) is 6.38. The van der Waals surface area contributed by atoms with Gasteiger partial charge >= 0.3 is 0 Å². The van der Waals surface area contributed by atoms with Crippen molar-refractivity contribution in [3.8, 4) is 5.75 Å². The summed E-state index contributed by atoms with van der Waals surface area (Å²) >= 11 is 0. The Balaban J connectivity index is 2.77. The molecule has 0 aliphatic heterocycles. The zero-order valence-electron chi connectivity index (χ0n) is 7.60. The van der Waals surface area contributed by atoms with Gasteiger partial charge in [0, 0.05) is 5.56 Å². The van der Waals surface area contributed by atoms with Crippen LogP contribution in [0.25, 0.3) is 0 Å². The Labute approximate surface area is 77.4 Å². The van der Waals surface area contributed by atoms with Crippen molar-refractivity contribution in [3.63, 3.8) is 0 Å². The molecule has 0 saturated heterocycles. The SMILES string of the molecule is CCOc1ccccc1CN=NN. The van der Waals surface area contributed by atoms with Gasteiger partial charge in [-0.25, -0.2) is 0 Å². The molecule has 0 fully saturated rings. The Morgan fingerprint density at radius 2 is 2.15 bits per heavy atom. The van der Waals surface area contributed by atoms with Gasteiger partial charge in [0.2, 0.25) is 0 Å². The molecular formula is C9H13N3O. The molecule has 0 aromatic heterocycles. The third-order valence-corrected chi connectivity index (χ3v) is 1.60. The maximum absolute atomic E-state index is 5.39. The Kier molecular flexibility index (Phi) is 3.75. The van der Waals surface area contributed by atoms with Gasteiger partial charge in [-0.05, 0) is 13.0 Å². The number of nitrogens with two attached hydrogens (primary N) is 1. The summed E-state index contributed by atoms with van der Waals surface area (Å²) in [6, 6.07) is 7.71. The fourth-order valence-corrected chi connectivity index (χ4v) is 1.05. The second kappa shape index (κ2) is 5.13. The number of hydrogen-bond acceptors (Lipinski definition) is 3. The lowest BCUT2D eigenvalue weighted by molar-refractivity contribution is 0.336. The Morgan fingerprint density at radius 3 is 2.85 bits per heavy atom. The van der Waals surface area contributed by atoms with Gasteiger partial charge in [-0.3, -0.25) is 0 Å². The molecule has 0 unspecified atom stereocenters. The van der Waals surface area contributed by atoms with Crippen molar-refractivity contribution in [3.05, 3.63) is 29.8 Å². The van der Waals surface area contributed by atoms with E-state index in [9.17, 15) is 0 Å². The summed E-state index contributed by atoms with van der Waals surface area (Å²) in [5.74, 6) is 5.76. The van der Waals surface area contributed by atoms with Crippen molar-refractivity contribution in [2.45, 2.75) is 13.5 Å². The fraction of sp³-hybridized carbons (Fsp3) is 0.333. The lowest BCUT2D eigenvalue weighted by Crippen LogP contribution is -1.95. The summed E-state index contributed by atoms with van der Waals surface area (Å²) < 4.78 is 5.39. The average Bonchev–Trinajstić information content (AvgIpc) is 2.17. The first-order valence-corrected chi connectivity index (χ1v) is 4.16. The Morgan fingerprint density at radius 1 is 1.38 bits per heavy atom. The number of rotatable bonds is 4. The normalized spacial score (nSPS) is 10.5. The standard InChI is InChI=1S/C9H13N3O/c1-2-13-9-6-4-3-5-8(9)7-11-12-10/h3-6H,2,7H2,1H3,(H2,10,11). The van der Waals surface area contributed by atoms with E-state index in [2.05, 4.69) is 10.3 Å². The maximum Gasteiger partial charge on any atom is 0.124 e. The van der Waals surface area contributed by atoms with Crippen molar-refractivity contribution >= 4 is 0 Å². The molecule has 0 radical (unpaired) electrons. The summed E-state index contributed by atoms with van der Waals surface area (Å²) in [5.41, 5.74) is 0.999. The molecule has 0 amide bonds. The van der Waals surface area contributed by atoms with Crippen LogP contribution in [-0.2, 0) is 6.54 Å². The third kappa shape index (κ3) is 2.74. The molecule has 0 atom stereocenters. The molecule has 0 aliphatic rings. The minimum atomic E-state index is 0.465. The number of benzene rings is 1. The predicted octanol–water partition coefficient (Wildman–Crippen LogP) is 1.91. The quantitative estimate of drug-likeness (QED) is 0.436. The van der Waals surface area contributed by atoms with E-state index in [4.69, 9.17) is 10.6 Å². The minimum Gasteiger partial charge on any atom is -0.494 e. The molecule has 1 aromatic rings. The van der Waals surface area contributed by atoms with Gasteiger partial charge in [-0.15, -0.1) is 0 Å². The van der Waals surface area contributed by atoms with Crippen molar-refractivity contribution < 1.29 is 4.74 Å². The minimum absolute atomic E-state index is 0.465. The summed E-state index contributed by atoms with van der Waals surface area (Å²) in [4.78, 5) is 0. The van der Waals surface area contributed by atoms with Crippen LogP contribution in [-0.4, -0.2) is 6.61 Å². The second-order valence-corrected chi connectivity index (χ2v) is 2.46. The van der Waals surface area contributed by atoms with E-state index in [1.807, 2.05) is 31.2 Å². The van der Waals surface area contributed by atoms with Gasteiger partial charge in [-0.1, -0.05) is 23.4 Å². The lowest BCUT2D eigenvalue weighted by Gasteiger charge is -2.06. The van der Waals surface area contributed by atoms with Crippen molar-refractivity contribution in [2.75, 3.05) is 6.61 Å². The highest BCUT2D eigenvalue weighted by atomic mass is 16.5. The van der Waals surface area contributed by atoms with E-state index in [1.165, 1.54) is 0 Å². The van der Waals surface area contributed by atoms with Crippen LogP contribution in [0.3, 0.4) is 0 Å². The van der Waals surface area contributed by atoms with Gasteiger partial charge in [0.05, 0.1) is 13.2 Å². The van der Waals surface area contributed by atoms with Crippen molar-refractivity contribution in [2.24, 2.45) is 16.2 Å². The summed E-state index contributed by atoms with van der Waals surface area (Å²) in [7, 11) is 0.